The number of rotatable bonds is 1. The Bertz CT molecular complexity index is 280. The van der Waals surface area contributed by atoms with Gasteiger partial charge in [0.1, 0.15) is 17.3 Å². The molecule has 0 saturated carbocycles. The zero-order chi connectivity index (χ0) is 8.43. The number of carbonyl (C=O) groups is 2. The van der Waals surface area contributed by atoms with Crippen LogP contribution in [-0.2, 0) is 9.59 Å². The smallest absolute Gasteiger partial charge is 0.339 e. The Morgan fingerprint density at radius 1 is 1.73 bits per heavy atom. The highest BCUT2D eigenvalue weighted by atomic mass is 35.5. The summed E-state index contributed by atoms with van der Waals surface area (Å²) in [5, 5.41) is 8.48. The molecule has 5 heteroatoms. The number of halogens is 1. The number of carboxylic acids is 1. The second-order valence-electron chi connectivity index (χ2n) is 1.93. The molecule has 0 atom stereocenters. The van der Waals surface area contributed by atoms with Gasteiger partial charge in [-0.1, -0.05) is 11.6 Å². The van der Waals surface area contributed by atoms with Crippen molar-refractivity contribution in [2.75, 3.05) is 6.54 Å². The molecule has 1 N–H and O–H groups in total. The molecular formula is C6H4ClNO3. The second-order valence-corrected chi connectivity index (χ2v) is 2.31. The molecule has 0 aromatic carbocycles. The van der Waals surface area contributed by atoms with Crippen molar-refractivity contribution in [2.45, 2.75) is 0 Å². The van der Waals surface area contributed by atoms with Crippen molar-refractivity contribution >= 4 is 28.5 Å². The molecule has 0 bridgehead atoms. The number of aliphatic carboxylic acids is 1. The van der Waals surface area contributed by atoms with Gasteiger partial charge in [-0.2, -0.15) is 0 Å². The zero-order valence-corrected chi connectivity index (χ0v) is 6.13. The maximum atomic E-state index is 10.8. The number of allylic oxidation sites excluding steroid dienone is 1. The van der Waals surface area contributed by atoms with Crippen LogP contribution in [0.1, 0.15) is 0 Å². The molecular weight excluding hydrogens is 170 g/mol. The van der Waals surface area contributed by atoms with Crippen molar-refractivity contribution in [3.8, 4) is 0 Å². The van der Waals surface area contributed by atoms with Gasteiger partial charge in [0.15, 0.2) is 5.78 Å². The fourth-order valence-corrected chi connectivity index (χ4v) is 0.828. The molecule has 0 aromatic heterocycles. The van der Waals surface area contributed by atoms with Crippen LogP contribution in [0.15, 0.2) is 16.6 Å². The van der Waals surface area contributed by atoms with Crippen LogP contribution in [0, 0.1) is 0 Å². The SMILES string of the molecule is O=C(O)C1=CC(Cl)=NCC1=O. The summed E-state index contributed by atoms with van der Waals surface area (Å²) in [7, 11) is 0. The average Bonchev–Trinajstić information content (AvgIpc) is 1.94. The number of dihydropyridines is 1. The summed E-state index contributed by atoms with van der Waals surface area (Å²) < 4.78 is 0. The molecule has 0 aliphatic carbocycles. The van der Waals surface area contributed by atoms with Crippen molar-refractivity contribution < 1.29 is 14.7 Å². The van der Waals surface area contributed by atoms with Gasteiger partial charge in [-0.3, -0.25) is 9.79 Å². The molecule has 0 aromatic rings. The molecule has 11 heavy (non-hydrogen) atoms. The van der Waals surface area contributed by atoms with Gasteiger partial charge in [0.2, 0.25) is 0 Å². The van der Waals surface area contributed by atoms with E-state index in [4.69, 9.17) is 16.7 Å². The molecule has 0 saturated heterocycles. The van der Waals surface area contributed by atoms with Gasteiger partial charge in [0, 0.05) is 0 Å². The first-order valence-corrected chi connectivity index (χ1v) is 3.17. The lowest BCUT2D eigenvalue weighted by Crippen LogP contribution is -2.19. The molecule has 0 amide bonds. The maximum Gasteiger partial charge on any atom is 0.339 e. The van der Waals surface area contributed by atoms with E-state index in [1.54, 1.807) is 0 Å². The van der Waals surface area contributed by atoms with Crippen LogP contribution in [0.3, 0.4) is 0 Å². The minimum Gasteiger partial charge on any atom is -0.478 e. The lowest BCUT2D eigenvalue weighted by atomic mass is 10.1. The summed E-state index contributed by atoms with van der Waals surface area (Å²) in [5.74, 6) is -1.77. The van der Waals surface area contributed by atoms with Gasteiger partial charge in [-0.05, 0) is 6.08 Å². The number of hydrogen-bond acceptors (Lipinski definition) is 3. The predicted molar refractivity (Wildman–Crippen MR) is 38.9 cm³/mol. The molecule has 0 radical (unpaired) electrons. The Hall–Kier alpha value is -1.16. The van der Waals surface area contributed by atoms with Gasteiger partial charge >= 0.3 is 5.97 Å². The monoisotopic (exact) mass is 173 g/mol. The van der Waals surface area contributed by atoms with E-state index < -0.39 is 11.8 Å². The van der Waals surface area contributed by atoms with Crippen molar-refractivity contribution in [1.29, 1.82) is 0 Å². The molecule has 1 aliphatic rings. The van der Waals surface area contributed by atoms with Crippen molar-refractivity contribution in [2.24, 2.45) is 4.99 Å². The summed E-state index contributed by atoms with van der Waals surface area (Å²) in [6, 6.07) is 0. The standard InChI is InChI=1S/C6H4ClNO3/c7-5-1-3(6(10)11)4(9)2-8-5/h1H,2H2,(H,10,11). The van der Waals surface area contributed by atoms with Gasteiger partial charge < -0.3 is 5.11 Å². The molecule has 4 nitrogen and oxygen atoms in total. The molecule has 1 aliphatic heterocycles. The second kappa shape index (κ2) is 2.84. The fraction of sp³-hybridized carbons (Fsp3) is 0.167. The highest BCUT2D eigenvalue weighted by Gasteiger charge is 2.20. The summed E-state index contributed by atoms with van der Waals surface area (Å²) in [4.78, 5) is 24.6. The van der Waals surface area contributed by atoms with Crippen LogP contribution >= 0.6 is 11.6 Å². The van der Waals surface area contributed by atoms with Gasteiger partial charge in [0.25, 0.3) is 0 Å². The van der Waals surface area contributed by atoms with E-state index in [1.807, 2.05) is 0 Å². The summed E-state index contributed by atoms with van der Waals surface area (Å²) in [6.07, 6.45) is 1.05. The van der Waals surface area contributed by atoms with Crippen molar-refractivity contribution in [3.05, 3.63) is 11.6 Å². The van der Waals surface area contributed by atoms with E-state index in [2.05, 4.69) is 4.99 Å². The first-order valence-electron chi connectivity index (χ1n) is 2.79. The van der Waals surface area contributed by atoms with E-state index in [1.165, 1.54) is 0 Å². The third-order valence-corrected chi connectivity index (χ3v) is 1.40. The van der Waals surface area contributed by atoms with Crippen molar-refractivity contribution in [3.63, 3.8) is 0 Å². The number of carbonyl (C=O) groups excluding carboxylic acids is 1. The van der Waals surface area contributed by atoms with Gasteiger partial charge in [-0.25, -0.2) is 4.79 Å². The lowest BCUT2D eigenvalue weighted by molar-refractivity contribution is -0.134. The predicted octanol–water partition coefficient (Wildman–Crippen LogP) is 0.217. The number of ketones is 1. The number of hydrogen-bond donors (Lipinski definition) is 1. The Kier molecular flexibility index (Phi) is 2.05. The average molecular weight is 174 g/mol. The van der Waals surface area contributed by atoms with Gasteiger partial charge in [0.05, 0.1) is 0 Å². The van der Waals surface area contributed by atoms with Crippen LogP contribution in [0.4, 0.5) is 0 Å². The number of aliphatic imine (C=N–C) groups is 1. The number of Topliss-reactive ketones (excluding diaryl/α,β-unsaturated/α-hetero) is 1. The lowest BCUT2D eigenvalue weighted by Gasteiger charge is -2.03. The first-order chi connectivity index (χ1) is 5.11. The normalized spacial score (nSPS) is 17.4. The summed E-state index contributed by atoms with van der Waals surface area (Å²) in [5.41, 5.74) is -0.301. The molecule has 58 valence electrons. The van der Waals surface area contributed by atoms with Crippen LogP contribution < -0.4 is 0 Å². The van der Waals surface area contributed by atoms with Crippen LogP contribution in [0.25, 0.3) is 0 Å². The highest BCUT2D eigenvalue weighted by molar-refractivity contribution is 6.69. The molecule has 0 unspecified atom stereocenters. The van der Waals surface area contributed by atoms with E-state index in [0.29, 0.717) is 0 Å². The van der Waals surface area contributed by atoms with E-state index in [9.17, 15) is 9.59 Å². The van der Waals surface area contributed by atoms with Crippen molar-refractivity contribution in [1.82, 2.24) is 0 Å². The largest absolute Gasteiger partial charge is 0.478 e. The third kappa shape index (κ3) is 1.65. The quantitative estimate of drug-likeness (QED) is 0.577. The highest BCUT2D eigenvalue weighted by Crippen LogP contribution is 2.06. The van der Waals surface area contributed by atoms with Gasteiger partial charge in [-0.15, -0.1) is 0 Å². The Morgan fingerprint density at radius 2 is 2.36 bits per heavy atom. The maximum absolute atomic E-state index is 10.8. The van der Waals surface area contributed by atoms with Crippen LogP contribution in [0.2, 0.25) is 0 Å². The molecule has 1 rings (SSSR count). The number of carboxylic acid groups (broad SMARTS) is 1. The molecule has 0 fully saturated rings. The van der Waals surface area contributed by atoms with E-state index in [-0.39, 0.29) is 17.3 Å². The number of nitrogens with zero attached hydrogens (tertiary/aromatic N) is 1. The Labute approximate surface area is 67.2 Å². The van der Waals surface area contributed by atoms with Crippen LogP contribution in [0.5, 0.6) is 0 Å². The molecule has 1 heterocycles. The minimum absolute atomic E-state index is 0.0574. The summed E-state index contributed by atoms with van der Waals surface area (Å²) in [6.45, 7) is -0.170. The topological polar surface area (TPSA) is 66.7 Å². The fourth-order valence-electron chi connectivity index (χ4n) is 0.659. The van der Waals surface area contributed by atoms with E-state index >= 15 is 0 Å². The minimum atomic E-state index is -1.26. The van der Waals surface area contributed by atoms with E-state index in [0.717, 1.165) is 6.08 Å². The first kappa shape index (κ1) is 7.94. The summed E-state index contributed by atoms with van der Waals surface area (Å²) >= 11 is 5.38. The van der Waals surface area contributed by atoms with Crippen LogP contribution in [-0.4, -0.2) is 28.6 Å². The third-order valence-electron chi connectivity index (χ3n) is 1.17. The molecule has 0 spiro atoms. The zero-order valence-electron chi connectivity index (χ0n) is 5.37. The Balaban J connectivity index is 2.99. The Morgan fingerprint density at radius 3 is 2.82 bits per heavy atom.